The minimum absolute atomic E-state index is 0.217. The predicted octanol–water partition coefficient (Wildman–Crippen LogP) is 11.9. The van der Waals surface area contributed by atoms with Gasteiger partial charge in [-0.3, -0.25) is 9.98 Å². The quantitative estimate of drug-likeness (QED) is 0.0938. The van der Waals surface area contributed by atoms with E-state index in [0.717, 1.165) is 23.1 Å². The Morgan fingerprint density at radius 3 is 2.41 bits per heavy atom. The highest BCUT2D eigenvalue weighted by molar-refractivity contribution is 7.82. The van der Waals surface area contributed by atoms with Crippen molar-refractivity contribution in [1.82, 2.24) is 4.98 Å². The van der Waals surface area contributed by atoms with Crippen LogP contribution in [0.1, 0.15) is 31.4 Å². The molecule has 1 heterocycles. The Kier molecular flexibility index (Phi) is 7.65. The molecule has 0 amide bonds. The zero-order valence-corrected chi connectivity index (χ0v) is 31.3. The summed E-state index contributed by atoms with van der Waals surface area (Å²) in [6, 6.07) is 33.2. The first kappa shape index (κ1) is 32.7. The van der Waals surface area contributed by atoms with Gasteiger partial charge >= 0.3 is 0 Å². The third-order valence-corrected chi connectivity index (χ3v) is 14.8. The second-order valence-corrected chi connectivity index (χ2v) is 17.6. The number of hydrogen-bond donors (Lipinski definition) is 0. The molecule has 0 radical (unpaired) electrons. The van der Waals surface area contributed by atoms with Gasteiger partial charge in [0.15, 0.2) is 0 Å². The number of rotatable bonds is 7. The van der Waals surface area contributed by atoms with Gasteiger partial charge in [-0.15, -0.1) is 0 Å². The van der Waals surface area contributed by atoms with Gasteiger partial charge in [0.25, 0.3) is 0 Å². The molecule has 54 heavy (non-hydrogen) atoms. The summed E-state index contributed by atoms with van der Waals surface area (Å²) in [5.41, 5.74) is 10.8. The topological polar surface area (TPSA) is 42.3 Å². The molecule has 4 unspecified atom stereocenters. The monoisotopic (exact) mass is 714 g/mol. The van der Waals surface area contributed by atoms with Crippen LogP contribution in [-0.2, 0) is 4.57 Å². The molecule has 0 saturated heterocycles. The molecule has 0 bridgehead atoms. The molecule has 10 rings (SSSR count). The van der Waals surface area contributed by atoms with E-state index >= 15 is 4.57 Å². The lowest BCUT2D eigenvalue weighted by Gasteiger charge is -2.42. The first-order chi connectivity index (χ1) is 26.4. The van der Waals surface area contributed by atoms with Crippen molar-refractivity contribution in [2.24, 2.45) is 22.7 Å². The SMILES string of the molecule is C=C(N=CC(=CC)c1ccc2ccc3cccc4ccc1c2c34)P(=O)(c1ccccc1)c1ccc(C2=CC=C3C=CC4=C5C(=CCC4C)C=CC2C35)cn1. The lowest BCUT2D eigenvalue weighted by atomic mass is 9.62. The molecule has 3 nitrogen and oxygen atoms in total. The van der Waals surface area contributed by atoms with Crippen LogP contribution in [0.4, 0.5) is 0 Å². The van der Waals surface area contributed by atoms with Crippen molar-refractivity contribution in [2.75, 3.05) is 0 Å². The van der Waals surface area contributed by atoms with Crippen LogP contribution in [0.2, 0.25) is 0 Å². The minimum atomic E-state index is -3.49. The maximum atomic E-state index is 15.4. The second-order valence-electron chi connectivity index (χ2n) is 14.9. The zero-order chi connectivity index (χ0) is 36.6. The first-order valence-corrected chi connectivity index (χ1v) is 20.6. The summed E-state index contributed by atoms with van der Waals surface area (Å²) in [7, 11) is -3.49. The Balaban J connectivity index is 1.00. The van der Waals surface area contributed by atoms with Gasteiger partial charge in [-0.2, -0.15) is 0 Å². The summed E-state index contributed by atoms with van der Waals surface area (Å²) in [4.78, 5) is 9.86. The average molecular weight is 715 g/mol. The number of nitrogens with zero attached hydrogens (tertiary/aromatic N) is 2. The molecule has 260 valence electrons. The third kappa shape index (κ3) is 4.92. The lowest BCUT2D eigenvalue weighted by molar-refractivity contribution is 0.574. The summed E-state index contributed by atoms with van der Waals surface area (Å²) in [5.74, 6) is 1.05. The fourth-order valence-electron chi connectivity index (χ4n) is 9.24. The molecule has 0 saturated carbocycles. The molecule has 0 fully saturated rings. The number of benzene rings is 5. The van der Waals surface area contributed by atoms with Crippen LogP contribution in [0, 0.1) is 17.8 Å². The third-order valence-electron chi connectivity index (χ3n) is 12.0. The molecular formula is C50H39N2OP. The van der Waals surface area contributed by atoms with Gasteiger partial charge in [-0.1, -0.05) is 153 Å². The Morgan fingerprint density at radius 2 is 1.63 bits per heavy atom. The van der Waals surface area contributed by atoms with Crippen LogP contribution in [0.5, 0.6) is 0 Å². The van der Waals surface area contributed by atoms with E-state index in [1.165, 1.54) is 60.2 Å². The summed E-state index contributed by atoms with van der Waals surface area (Å²) in [6.45, 7) is 8.72. The van der Waals surface area contributed by atoms with Crippen LogP contribution in [0.15, 0.2) is 191 Å². The van der Waals surface area contributed by atoms with Crippen molar-refractivity contribution >= 4 is 67.6 Å². The van der Waals surface area contributed by atoms with E-state index in [2.05, 4.69) is 123 Å². The van der Waals surface area contributed by atoms with Crippen molar-refractivity contribution in [3.8, 4) is 0 Å². The van der Waals surface area contributed by atoms with Gasteiger partial charge in [0.1, 0.15) is 10.9 Å². The van der Waals surface area contributed by atoms with Crippen molar-refractivity contribution in [2.45, 2.75) is 20.3 Å². The largest absolute Gasteiger partial charge is 0.305 e. The fourth-order valence-corrected chi connectivity index (χ4v) is 11.4. The Labute approximate surface area is 316 Å². The van der Waals surface area contributed by atoms with Gasteiger partial charge in [-0.25, -0.2) is 0 Å². The van der Waals surface area contributed by atoms with E-state index in [1.54, 1.807) is 0 Å². The van der Waals surface area contributed by atoms with E-state index in [4.69, 9.17) is 9.98 Å². The molecule has 4 aliphatic rings. The Bertz CT molecular complexity index is 2840. The number of aliphatic imine (C=N–C) groups is 1. The van der Waals surface area contributed by atoms with E-state index < -0.39 is 7.14 Å². The molecule has 5 aromatic carbocycles. The highest BCUT2D eigenvalue weighted by Gasteiger charge is 2.40. The molecule has 4 atom stereocenters. The van der Waals surface area contributed by atoms with Crippen LogP contribution in [-0.4, -0.2) is 11.2 Å². The first-order valence-electron chi connectivity index (χ1n) is 18.9. The normalized spacial score (nSPS) is 21.7. The molecule has 4 heteroatoms. The van der Waals surface area contributed by atoms with Crippen LogP contribution >= 0.6 is 7.14 Å². The molecule has 0 N–H and O–H groups in total. The van der Waals surface area contributed by atoms with Crippen LogP contribution in [0.3, 0.4) is 0 Å². The van der Waals surface area contributed by atoms with Crippen LogP contribution in [0.25, 0.3) is 43.5 Å². The number of hydrogen-bond acceptors (Lipinski definition) is 3. The maximum Gasteiger partial charge on any atom is 0.205 e. The number of pyridine rings is 1. The van der Waals surface area contributed by atoms with E-state index in [0.29, 0.717) is 28.0 Å². The fraction of sp³-hybridized carbons (Fsp3) is 0.120. The highest BCUT2D eigenvalue weighted by Crippen LogP contribution is 2.54. The number of aromatic nitrogens is 1. The van der Waals surface area contributed by atoms with Crippen molar-refractivity contribution in [1.29, 1.82) is 0 Å². The lowest BCUT2D eigenvalue weighted by Crippen LogP contribution is -2.29. The Hall–Kier alpha value is -5.89. The molecule has 0 spiro atoms. The van der Waals surface area contributed by atoms with E-state index in [1.807, 2.05) is 55.7 Å². The standard InChI is InChI=1S/C50H39N2OP/c1-4-33(42-24-18-37-16-15-34-9-8-10-35-20-26-44(42)49(37)47(34)35)29-51-32(3)54(53,40-11-6-5-7-12-40)46-28-22-39(30-52-46)43-25-19-38-17-23-41-31(2)13-14-36-21-27-45(43)50(38)48(36)41/h4-12,14-31,45,50H,3,13H2,1-2H3. The molecule has 6 aromatic rings. The molecule has 1 aromatic heterocycles. The van der Waals surface area contributed by atoms with Crippen LogP contribution < -0.4 is 10.7 Å². The summed E-state index contributed by atoms with van der Waals surface area (Å²) < 4.78 is 15.4. The smallest absolute Gasteiger partial charge is 0.205 e. The second kappa shape index (κ2) is 12.6. The van der Waals surface area contributed by atoms with Gasteiger partial charge < -0.3 is 4.57 Å². The van der Waals surface area contributed by atoms with E-state index in [-0.39, 0.29) is 5.92 Å². The zero-order valence-electron chi connectivity index (χ0n) is 30.4. The molecule has 0 aliphatic heterocycles. The van der Waals surface area contributed by atoms with Crippen molar-refractivity contribution in [3.05, 3.63) is 197 Å². The maximum absolute atomic E-state index is 15.4. The number of allylic oxidation sites excluding steroid dienone is 14. The molecular weight excluding hydrogens is 676 g/mol. The highest BCUT2D eigenvalue weighted by atomic mass is 31.2. The Morgan fingerprint density at radius 1 is 0.852 bits per heavy atom. The summed E-state index contributed by atoms with van der Waals surface area (Å²) in [6.07, 6.45) is 23.1. The summed E-state index contributed by atoms with van der Waals surface area (Å²) >= 11 is 0. The predicted molar refractivity (Wildman–Crippen MR) is 229 cm³/mol. The van der Waals surface area contributed by atoms with Gasteiger partial charge in [-0.05, 0) is 102 Å². The van der Waals surface area contributed by atoms with Gasteiger partial charge in [0.05, 0.1) is 0 Å². The van der Waals surface area contributed by atoms with E-state index in [9.17, 15) is 0 Å². The van der Waals surface area contributed by atoms with Gasteiger partial charge in [0.2, 0.25) is 7.14 Å². The average Bonchev–Trinajstić information content (AvgIpc) is 3.23. The van der Waals surface area contributed by atoms with Crippen molar-refractivity contribution in [3.63, 3.8) is 0 Å². The minimum Gasteiger partial charge on any atom is -0.305 e. The molecule has 4 aliphatic carbocycles. The summed E-state index contributed by atoms with van der Waals surface area (Å²) in [5, 5.41) is 8.02. The van der Waals surface area contributed by atoms with Gasteiger partial charge in [0, 0.05) is 29.6 Å². The van der Waals surface area contributed by atoms with Crippen molar-refractivity contribution < 1.29 is 4.57 Å².